The van der Waals surface area contributed by atoms with Crippen LogP contribution < -0.4 is 5.32 Å². The molecule has 5 nitrogen and oxygen atoms in total. The number of carbonyl (C=O) groups excluding carboxylic acids is 1. The Bertz CT molecular complexity index is 1450. The highest BCUT2D eigenvalue weighted by atomic mass is 35.5. The van der Waals surface area contributed by atoms with Crippen LogP contribution in [-0.2, 0) is 11.2 Å². The molecule has 0 saturated carbocycles. The van der Waals surface area contributed by atoms with Crippen molar-refractivity contribution in [2.24, 2.45) is 0 Å². The summed E-state index contributed by atoms with van der Waals surface area (Å²) in [6.45, 7) is 0. The molecule has 34 heavy (non-hydrogen) atoms. The summed E-state index contributed by atoms with van der Waals surface area (Å²) in [6.07, 6.45) is 3.58. The highest BCUT2D eigenvalue weighted by molar-refractivity contribution is 7.15. The Labute approximate surface area is 219 Å². The van der Waals surface area contributed by atoms with Gasteiger partial charge < -0.3 is 4.42 Å². The van der Waals surface area contributed by atoms with E-state index in [0.29, 0.717) is 48.7 Å². The number of nitriles is 1. The van der Waals surface area contributed by atoms with Gasteiger partial charge in [0.15, 0.2) is 5.13 Å². The van der Waals surface area contributed by atoms with E-state index in [9.17, 15) is 10.1 Å². The molecule has 4 aromatic rings. The number of amides is 1. The molecule has 0 atom stereocenters. The topological polar surface area (TPSA) is 78.9 Å². The van der Waals surface area contributed by atoms with E-state index >= 15 is 0 Å². The Hall–Kier alpha value is -2.79. The van der Waals surface area contributed by atoms with Crippen LogP contribution in [0.5, 0.6) is 0 Å². The molecule has 0 aliphatic carbocycles. The summed E-state index contributed by atoms with van der Waals surface area (Å²) in [5, 5.41) is 14.4. The monoisotopic (exact) mass is 547 g/mol. The lowest BCUT2D eigenvalue weighted by Crippen LogP contribution is -2.13. The third-order valence-electron chi connectivity index (χ3n) is 4.61. The number of halogens is 4. The van der Waals surface area contributed by atoms with E-state index in [2.05, 4.69) is 10.3 Å². The molecule has 1 amide bonds. The van der Waals surface area contributed by atoms with Gasteiger partial charge in [-0.15, -0.1) is 11.3 Å². The number of hydrogen-bond donors (Lipinski definition) is 1. The second kappa shape index (κ2) is 10.6. The van der Waals surface area contributed by atoms with Crippen LogP contribution in [0, 0.1) is 11.3 Å². The van der Waals surface area contributed by atoms with Gasteiger partial charge in [-0.05, 0) is 48.0 Å². The number of hydrogen-bond acceptors (Lipinski definition) is 5. The minimum Gasteiger partial charge on any atom is -0.457 e. The van der Waals surface area contributed by atoms with Gasteiger partial charge >= 0.3 is 0 Å². The van der Waals surface area contributed by atoms with Crippen LogP contribution in [0.1, 0.15) is 16.2 Å². The molecule has 2 aromatic carbocycles. The first-order valence-electron chi connectivity index (χ1n) is 9.69. The number of benzene rings is 2. The predicted octanol–water partition coefficient (Wildman–Crippen LogP) is 8.15. The third kappa shape index (κ3) is 5.82. The van der Waals surface area contributed by atoms with Crippen molar-refractivity contribution in [1.82, 2.24) is 4.98 Å². The largest absolute Gasteiger partial charge is 0.457 e. The maximum absolute atomic E-state index is 12.6. The minimum absolute atomic E-state index is 0.140. The van der Waals surface area contributed by atoms with Gasteiger partial charge in [0.1, 0.15) is 23.2 Å². The van der Waals surface area contributed by atoms with Crippen molar-refractivity contribution in [3.8, 4) is 17.4 Å². The average Bonchev–Trinajstić information content (AvgIpc) is 3.45. The number of rotatable bonds is 6. The fourth-order valence-corrected chi connectivity index (χ4v) is 4.56. The maximum Gasteiger partial charge on any atom is 0.268 e. The molecule has 4 rings (SSSR count). The van der Waals surface area contributed by atoms with Crippen LogP contribution in [0.25, 0.3) is 17.4 Å². The van der Waals surface area contributed by atoms with Gasteiger partial charge in [0, 0.05) is 34.2 Å². The first kappa shape index (κ1) is 24.3. The van der Waals surface area contributed by atoms with Gasteiger partial charge in [0.25, 0.3) is 5.91 Å². The quantitative estimate of drug-likeness (QED) is 0.195. The predicted molar refractivity (Wildman–Crippen MR) is 138 cm³/mol. The van der Waals surface area contributed by atoms with Crippen molar-refractivity contribution >= 4 is 74.9 Å². The fourth-order valence-electron chi connectivity index (χ4n) is 3.01. The smallest absolute Gasteiger partial charge is 0.268 e. The number of anilines is 1. The van der Waals surface area contributed by atoms with Gasteiger partial charge in [0.05, 0.1) is 15.1 Å². The third-order valence-corrected chi connectivity index (χ3v) is 6.83. The van der Waals surface area contributed by atoms with Crippen LogP contribution in [0.3, 0.4) is 0 Å². The summed E-state index contributed by atoms with van der Waals surface area (Å²) in [7, 11) is 0. The molecule has 170 valence electrons. The second-order valence-corrected chi connectivity index (χ2v) is 9.78. The minimum atomic E-state index is -0.600. The van der Waals surface area contributed by atoms with Gasteiger partial charge in [-0.1, -0.05) is 52.5 Å². The molecular formula is C24H13Cl4N3O2S. The highest BCUT2D eigenvalue weighted by Gasteiger charge is 2.15. The Kier molecular flexibility index (Phi) is 7.62. The normalized spacial score (nSPS) is 11.3. The van der Waals surface area contributed by atoms with Crippen LogP contribution >= 0.6 is 57.7 Å². The summed E-state index contributed by atoms with van der Waals surface area (Å²) < 4.78 is 5.74. The van der Waals surface area contributed by atoms with Crippen LogP contribution in [0.4, 0.5) is 5.13 Å². The SMILES string of the molecule is N#C/C(=C\c1ccc(-c2cc(Cl)ccc2Cl)o1)C(=O)Nc1ncc(Cc2ccc(Cl)c(Cl)c2)s1. The van der Waals surface area contributed by atoms with Gasteiger partial charge in [-0.3, -0.25) is 10.1 Å². The van der Waals surface area contributed by atoms with E-state index < -0.39 is 5.91 Å². The number of nitrogens with zero attached hydrogens (tertiary/aromatic N) is 2. The van der Waals surface area contributed by atoms with E-state index in [1.807, 2.05) is 12.1 Å². The molecule has 0 radical (unpaired) electrons. The Morgan fingerprint density at radius 2 is 1.85 bits per heavy atom. The van der Waals surface area contributed by atoms with Crippen molar-refractivity contribution in [2.75, 3.05) is 5.32 Å². The van der Waals surface area contributed by atoms with Crippen LogP contribution in [0.2, 0.25) is 20.1 Å². The Morgan fingerprint density at radius 1 is 1.06 bits per heavy atom. The number of aromatic nitrogens is 1. The second-order valence-electron chi connectivity index (χ2n) is 7.01. The molecular weight excluding hydrogens is 536 g/mol. The summed E-state index contributed by atoms with van der Waals surface area (Å²) in [5.74, 6) is 0.178. The summed E-state index contributed by atoms with van der Waals surface area (Å²) in [6, 6.07) is 15.6. The molecule has 0 unspecified atom stereocenters. The van der Waals surface area contributed by atoms with Crippen molar-refractivity contribution in [3.05, 3.63) is 96.6 Å². The van der Waals surface area contributed by atoms with E-state index in [4.69, 9.17) is 50.8 Å². The van der Waals surface area contributed by atoms with Crippen LogP contribution in [-0.4, -0.2) is 10.9 Å². The van der Waals surface area contributed by atoms with E-state index in [1.54, 1.807) is 48.7 Å². The van der Waals surface area contributed by atoms with E-state index in [1.165, 1.54) is 17.4 Å². The summed E-state index contributed by atoms with van der Waals surface area (Å²) >= 11 is 25.6. The summed E-state index contributed by atoms with van der Waals surface area (Å²) in [4.78, 5) is 17.8. The molecule has 0 saturated heterocycles. The molecule has 0 aliphatic rings. The first-order valence-corrected chi connectivity index (χ1v) is 12.0. The first-order chi connectivity index (χ1) is 16.3. The number of nitrogens with one attached hydrogen (secondary N) is 1. The van der Waals surface area contributed by atoms with Crippen molar-refractivity contribution in [2.45, 2.75) is 6.42 Å². The zero-order chi connectivity index (χ0) is 24.2. The van der Waals surface area contributed by atoms with Gasteiger partial charge in [-0.25, -0.2) is 4.98 Å². The van der Waals surface area contributed by atoms with Crippen molar-refractivity contribution in [1.29, 1.82) is 5.26 Å². The lowest BCUT2D eigenvalue weighted by molar-refractivity contribution is -0.112. The highest BCUT2D eigenvalue weighted by Crippen LogP contribution is 2.32. The molecule has 2 heterocycles. The zero-order valence-corrected chi connectivity index (χ0v) is 21.0. The van der Waals surface area contributed by atoms with E-state index in [-0.39, 0.29) is 5.57 Å². The van der Waals surface area contributed by atoms with Crippen LogP contribution in [0.15, 0.2) is 64.7 Å². The van der Waals surface area contributed by atoms with Gasteiger partial charge in [0.2, 0.25) is 0 Å². The van der Waals surface area contributed by atoms with Crippen molar-refractivity contribution < 1.29 is 9.21 Å². The molecule has 1 N–H and O–H groups in total. The molecule has 2 aromatic heterocycles. The number of thiazole rings is 1. The molecule has 0 spiro atoms. The zero-order valence-electron chi connectivity index (χ0n) is 17.1. The molecule has 10 heteroatoms. The van der Waals surface area contributed by atoms with Crippen molar-refractivity contribution in [3.63, 3.8) is 0 Å². The molecule has 0 bridgehead atoms. The fraction of sp³-hybridized carbons (Fsp3) is 0.0417. The number of furan rings is 1. The Balaban J connectivity index is 1.46. The molecule has 0 fully saturated rings. The lowest BCUT2D eigenvalue weighted by Gasteiger charge is -2.02. The number of carbonyl (C=O) groups is 1. The van der Waals surface area contributed by atoms with E-state index in [0.717, 1.165) is 10.4 Å². The maximum atomic E-state index is 12.6. The average molecular weight is 549 g/mol. The lowest BCUT2D eigenvalue weighted by atomic mass is 10.1. The summed E-state index contributed by atoms with van der Waals surface area (Å²) in [5.41, 5.74) is 1.43. The van der Waals surface area contributed by atoms with Gasteiger partial charge in [-0.2, -0.15) is 5.26 Å². The standard InChI is InChI=1S/C24H13Cl4N3O2S/c25-15-2-5-19(26)18(10-15)22-6-3-16(33-22)9-14(11-29)23(32)31-24-30-12-17(34-24)7-13-1-4-20(27)21(28)8-13/h1-6,8-10,12H,7H2,(H,30,31,32)/b14-9+. The Morgan fingerprint density at radius 3 is 2.62 bits per heavy atom. The molecule has 0 aliphatic heterocycles.